The van der Waals surface area contributed by atoms with Crippen molar-refractivity contribution in [2.24, 2.45) is 0 Å². The monoisotopic (exact) mass is 245 g/mol. The fourth-order valence-electron chi connectivity index (χ4n) is 2.36. The third-order valence-electron chi connectivity index (χ3n) is 3.23. The van der Waals surface area contributed by atoms with Gasteiger partial charge in [-0.2, -0.15) is 0 Å². The summed E-state index contributed by atoms with van der Waals surface area (Å²) in [5, 5.41) is 3.37. The zero-order valence-corrected chi connectivity index (χ0v) is 11.7. The lowest BCUT2D eigenvalue weighted by Crippen LogP contribution is -2.30. The van der Waals surface area contributed by atoms with E-state index >= 15 is 0 Å². The van der Waals surface area contributed by atoms with Crippen LogP contribution in [0.1, 0.15) is 31.5 Å². The van der Waals surface area contributed by atoms with Gasteiger partial charge in [0.25, 0.3) is 0 Å². The second kappa shape index (κ2) is 6.01. The molecular weight excluding hydrogens is 222 g/mol. The van der Waals surface area contributed by atoms with Crippen LogP contribution in [-0.2, 0) is 6.54 Å². The standard InChI is InChI=1S/C15H23N3/c1-4-16-10-14-8-13(3)17-15(9-14)18-7-5-6-12(2)11-18/h6,8-9,16H,4-5,7,10-11H2,1-3H3. The lowest BCUT2D eigenvalue weighted by molar-refractivity contribution is 0.721. The quantitative estimate of drug-likeness (QED) is 0.827. The van der Waals surface area contributed by atoms with Crippen molar-refractivity contribution in [3.05, 3.63) is 35.0 Å². The Morgan fingerprint density at radius 3 is 2.89 bits per heavy atom. The van der Waals surface area contributed by atoms with Crippen LogP contribution in [-0.4, -0.2) is 24.6 Å². The number of anilines is 1. The van der Waals surface area contributed by atoms with Crippen LogP contribution in [0.4, 0.5) is 5.82 Å². The maximum atomic E-state index is 4.67. The van der Waals surface area contributed by atoms with Crippen LogP contribution in [0.25, 0.3) is 0 Å². The minimum Gasteiger partial charge on any atom is -0.352 e. The van der Waals surface area contributed by atoms with E-state index in [9.17, 15) is 0 Å². The van der Waals surface area contributed by atoms with Crippen molar-refractivity contribution in [3.63, 3.8) is 0 Å². The molecule has 0 bridgehead atoms. The van der Waals surface area contributed by atoms with E-state index in [-0.39, 0.29) is 0 Å². The normalized spacial score (nSPS) is 15.7. The van der Waals surface area contributed by atoms with E-state index in [4.69, 9.17) is 0 Å². The van der Waals surface area contributed by atoms with Gasteiger partial charge < -0.3 is 10.2 Å². The van der Waals surface area contributed by atoms with Crippen LogP contribution in [0.3, 0.4) is 0 Å². The van der Waals surface area contributed by atoms with E-state index in [1.54, 1.807) is 0 Å². The highest BCUT2D eigenvalue weighted by Gasteiger charge is 2.12. The Labute approximate surface area is 110 Å². The minimum absolute atomic E-state index is 0.926. The molecule has 0 radical (unpaired) electrons. The molecule has 1 aromatic heterocycles. The summed E-state index contributed by atoms with van der Waals surface area (Å²) in [6, 6.07) is 4.38. The molecule has 0 amide bonds. The fourth-order valence-corrected chi connectivity index (χ4v) is 2.36. The molecule has 0 unspecified atom stereocenters. The third kappa shape index (κ3) is 3.33. The second-order valence-corrected chi connectivity index (χ2v) is 5.02. The molecular formula is C15H23N3. The third-order valence-corrected chi connectivity index (χ3v) is 3.23. The number of nitrogens with one attached hydrogen (secondary N) is 1. The Hall–Kier alpha value is -1.35. The van der Waals surface area contributed by atoms with Crippen LogP contribution in [0.2, 0.25) is 0 Å². The highest BCUT2D eigenvalue weighted by Crippen LogP contribution is 2.19. The summed E-state index contributed by atoms with van der Waals surface area (Å²) in [4.78, 5) is 7.04. The average Bonchev–Trinajstić information content (AvgIpc) is 2.36. The van der Waals surface area contributed by atoms with Gasteiger partial charge in [0.15, 0.2) is 0 Å². The van der Waals surface area contributed by atoms with Gasteiger partial charge in [-0.1, -0.05) is 18.6 Å². The largest absolute Gasteiger partial charge is 0.352 e. The average molecular weight is 245 g/mol. The summed E-state index contributed by atoms with van der Waals surface area (Å²) in [6.45, 7) is 10.4. The number of aromatic nitrogens is 1. The van der Waals surface area contributed by atoms with Crippen molar-refractivity contribution in [2.45, 2.75) is 33.7 Å². The molecule has 0 spiro atoms. The van der Waals surface area contributed by atoms with Gasteiger partial charge in [0.2, 0.25) is 0 Å². The maximum Gasteiger partial charge on any atom is 0.129 e. The Morgan fingerprint density at radius 2 is 2.17 bits per heavy atom. The van der Waals surface area contributed by atoms with Gasteiger partial charge in [0.05, 0.1) is 0 Å². The summed E-state index contributed by atoms with van der Waals surface area (Å²) < 4.78 is 0. The molecule has 0 saturated heterocycles. The first-order valence-corrected chi connectivity index (χ1v) is 6.78. The Balaban J connectivity index is 2.17. The molecule has 98 valence electrons. The number of rotatable bonds is 4. The van der Waals surface area contributed by atoms with Gasteiger partial charge in [-0.25, -0.2) is 4.98 Å². The van der Waals surface area contributed by atoms with Crippen LogP contribution >= 0.6 is 0 Å². The molecule has 0 aromatic carbocycles. The fraction of sp³-hybridized carbons (Fsp3) is 0.533. The van der Waals surface area contributed by atoms with E-state index in [0.717, 1.165) is 44.1 Å². The van der Waals surface area contributed by atoms with Gasteiger partial charge in [0, 0.05) is 25.3 Å². The molecule has 1 aliphatic heterocycles. The van der Waals surface area contributed by atoms with Crippen molar-refractivity contribution in [1.82, 2.24) is 10.3 Å². The molecule has 1 aliphatic rings. The van der Waals surface area contributed by atoms with E-state index < -0.39 is 0 Å². The number of nitrogens with zero attached hydrogens (tertiary/aromatic N) is 2. The first kappa shape index (κ1) is 13.1. The Morgan fingerprint density at radius 1 is 1.33 bits per heavy atom. The van der Waals surface area contributed by atoms with E-state index in [1.807, 2.05) is 0 Å². The molecule has 2 rings (SSSR count). The topological polar surface area (TPSA) is 28.2 Å². The Kier molecular flexibility index (Phi) is 4.37. The van der Waals surface area contributed by atoms with Crippen molar-refractivity contribution < 1.29 is 0 Å². The zero-order chi connectivity index (χ0) is 13.0. The molecule has 1 aromatic rings. The molecule has 2 heterocycles. The summed E-state index contributed by atoms with van der Waals surface area (Å²) in [5.41, 5.74) is 3.87. The first-order chi connectivity index (χ1) is 8.69. The summed E-state index contributed by atoms with van der Waals surface area (Å²) in [7, 11) is 0. The minimum atomic E-state index is 0.926. The van der Waals surface area contributed by atoms with Crippen molar-refractivity contribution in [3.8, 4) is 0 Å². The van der Waals surface area contributed by atoms with Crippen LogP contribution in [0.15, 0.2) is 23.8 Å². The molecule has 18 heavy (non-hydrogen) atoms. The molecule has 0 fully saturated rings. The second-order valence-electron chi connectivity index (χ2n) is 5.02. The zero-order valence-electron chi connectivity index (χ0n) is 11.7. The summed E-state index contributed by atoms with van der Waals surface area (Å²) in [5.74, 6) is 1.12. The highest BCUT2D eigenvalue weighted by atomic mass is 15.2. The summed E-state index contributed by atoms with van der Waals surface area (Å²) >= 11 is 0. The lowest BCUT2D eigenvalue weighted by atomic mass is 10.1. The first-order valence-electron chi connectivity index (χ1n) is 6.78. The predicted molar refractivity (Wildman–Crippen MR) is 76.9 cm³/mol. The highest BCUT2D eigenvalue weighted by molar-refractivity contribution is 5.45. The molecule has 0 saturated carbocycles. The van der Waals surface area contributed by atoms with Crippen molar-refractivity contribution in [2.75, 3.05) is 24.5 Å². The smallest absolute Gasteiger partial charge is 0.129 e. The lowest BCUT2D eigenvalue weighted by Gasteiger charge is -2.28. The molecule has 3 nitrogen and oxygen atoms in total. The van der Waals surface area contributed by atoms with E-state index in [2.05, 4.69) is 54.2 Å². The van der Waals surface area contributed by atoms with Gasteiger partial charge in [0.1, 0.15) is 5.82 Å². The van der Waals surface area contributed by atoms with Crippen LogP contribution in [0, 0.1) is 6.92 Å². The number of hydrogen-bond acceptors (Lipinski definition) is 3. The Bertz CT molecular complexity index is 437. The van der Waals surface area contributed by atoms with Crippen molar-refractivity contribution in [1.29, 1.82) is 0 Å². The van der Waals surface area contributed by atoms with E-state index in [1.165, 1.54) is 11.1 Å². The summed E-state index contributed by atoms with van der Waals surface area (Å²) in [6.07, 6.45) is 3.45. The number of aryl methyl sites for hydroxylation is 1. The molecule has 1 N–H and O–H groups in total. The molecule has 0 atom stereocenters. The SMILES string of the molecule is CCNCc1cc(C)nc(N2CCC=C(C)C2)c1. The van der Waals surface area contributed by atoms with E-state index in [0.29, 0.717) is 0 Å². The van der Waals surface area contributed by atoms with Crippen LogP contribution < -0.4 is 10.2 Å². The maximum absolute atomic E-state index is 4.67. The van der Waals surface area contributed by atoms with Gasteiger partial charge in [-0.3, -0.25) is 0 Å². The van der Waals surface area contributed by atoms with Gasteiger partial charge >= 0.3 is 0 Å². The van der Waals surface area contributed by atoms with Crippen molar-refractivity contribution >= 4 is 5.82 Å². The molecule has 3 heteroatoms. The number of pyridine rings is 1. The van der Waals surface area contributed by atoms with Gasteiger partial charge in [-0.05, 0) is 44.5 Å². The number of hydrogen-bond donors (Lipinski definition) is 1. The predicted octanol–water partition coefficient (Wildman–Crippen LogP) is 2.66. The van der Waals surface area contributed by atoms with Gasteiger partial charge in [-0.15, -0.1) is 0 Å². The molecule has 0 aliphatic carbocycles. The van der Waals surface area contributed by atoms with Crippen LogP contribution in [0.5, 0.6) is 0 Å².